The Morgan fingerprint density at radius 1 is 1.20 bits per heavy atom. The third-order valence-corrected chi connectivity index (χ3v) is 3.35. The summed E-state index contributed by atoms with van der Waals surface area (Å²) in [7, 11) is 0. The monoisotopic (exact) mass is 334 g/mol. The second-order valence-corrected chi connectivity index (χ2v) is 4.90. The maximum absolute atomic E-state index is 11.7. The molecule has 0 bridgehead atoms. The van der Waals surface area contributed by atoms with Crippen LogP contribution in [0.3, 0.4) is 0 Å². The van der Waals surface area contributed by atoms with Crippen LogP contribution in [-0.4, -0.2) is 23.2 Å². The van der Waals surface area contributed by atoms with Crippen molar-refractivity contribution in [1.29, 1.82) is 0 Å². The van der Waals surface area contributed by atoms with Gasteiger partial charge in [0.05, 0.1) is 17.8 Å². The number of benzene rings is 2. The van der Waals surface area contributed by atoms with Gasteiger partial charge in [0, 0.05) is 11.6 Å². The van der Waals surface area contributed by atoms with Crippen LogP contribution in [0.25, 0.3) is 17.1 Å². The lowest BCUT2D eigenvalue weighted by atomic mass is 10.2. The molecule has 5 nitrogen and oxygen atoms in total. The molecule has 0 N–H and O–H groups in total. The molecule has 0 aliphatic carbocycles. The van der Waals surface area contributed by atoms with E-state index in [9.17, 15) is 9.59 Å². The van der Waals surface area contributed by atoms with Crippen molar-refractivity contribution in [2.75, 3.05) is 6.61 Å². The molecule has 3 rings (SSSR count). The summed E-state index contributed by atoms with van der Waals surface area (Å²) in [4.78, 5) is 24.8. The van der Waals surface area contributed by atoms with Crippen LogP contribution in [-0.2, 0) is 9.53 Å². The summed E-state index contributed by atoms with van der Waals surface area (Å²) in [5.74, 6) is -0.321. The maximum Gasteiger partial charge on any atom is 0.355 e. The van der Waals surface area contributed by atoms with Crippen molar-refractivity contribution in [2.45, 2.75) is 6.92 Å². The minimum Gasteiger partial charge on any atom is -0.461 e. The summed E-state index contributed by atoms with van der Waals surface area (Å²) in [5.41, 5.74) is 2.12. The van der Waals surface area contributed by atoms with E-state index < -0.39 is 0 Å². The first-order valence-electron chi connectivity index (χ1n) is 7.73. The Bertz CT molecular complexity index is 907. The first-order valence-corrected chi connectivity index (χ1v) is 7.73. The number of rotatable bonds is 4. The number of carbonyl (C=O) groups is 1. The van der Waals surface area contributed by atoms with Crippen molar-refractivity contribution < 1.29 is 14.3 Å². The van der Waals surface area contributed by atoms with Crippen molar-refractivity contribution in [2.24, 2.45) is 4.99 Å². The van der Waals surface area contributed by atoms with E-state index in [1.807, 2.05) is 48.5 Å². The van der Waals surface area contributed by atoms with E-state index in [0.717, 1.165) is 10.9 Å². The Labute approximate surface area is 145 Å². The molecular weight excluding hydrogens is 316 g/mol. The quantitative estimate of drug-likeness (QED) is 0.399. The van der Waals surface area contributed by atoms with Gasteiger partial charge in [0.15, 0.2) is 0 Å². The molecule has 0 aliphatic heterocycles. The van der Waals surface area contributed by atoms with Gasteiger partial charge in [-0.05, 0) is 31.2 Å². The Kier molecular flexibility index (Phi) is 6.46. The molecule has 0 atom stereocenters. The fourth-order valence-electron chi connectivity index (χ4n) is 2.29. The molecule has 0 saturated carbocycles. The van der Waals surface area contributed by atoms with Gasteiger partial charge in [0.2, 0.25) is 6.08 Å². The van der Waals surface area contributed by atoms with E-state index in [1.165, 1.54) is 6.08 Å². The summed E-state index contributed by atoms with van der Waals surface area (Å²) in [6.07, 6.45) is 3.08. The van der Waals surface area contributed by atoms with Crippen LogP contribution in [0.2, 0.25) is 0 Å². The lowest BCUT2D eigenvalue weighted by molar-refractivity contribution is 0.0518. The van der Waals surface area contributed by atoms with Crippen molar-refractivity contribution in [3.05, 3.63) is 72.9 Å². The molecule has 5 heteroatoms. The summed E-state index contributed by atoms with van der Waals surface area (Å²) in [6.45, 7) is 5.87. The van der Waals surface area contributed by atoms with Gasteiger partial charge in [-0.3, -0.25) is 0 Å². The van der Waals surface area contributed by atoms with Gasteiger partial charge in [0.25, 0.3) is 0 Å². The molecule has 0 radical (unpaired) electrons. The minimum absolute atomic E-state index is 0.321. The van der Waals surface area contributed by atoms with Crippen LogP contribution in [0.5, 0.6) is 0 Å². The summed E-state index contributed by atoms with van der Waals surface area (Å²) in [5, 5.41) is 1.01. The lowest BCUT2D eigenvalue weighted by Gasteiger charge is -2.03. The average Bonchev–Trinajstić information content (AvgIpc) is 3.02. The zero-order chi connectivity index (χ0) is 18.1. The van der Waals surface area contributed by atoms with Crippen LogP contribution in [0.4, 0.5) is 5.69 Å². The number of hydrogen-bond acceptors (Lipinski definition) is 4. The van der Waals surface area contributed by atoms with Crippen LogP contribution in [0.1, 0.15) is 17.4 Å². The molecule has 0 fully saturated rings. The number of para-hydroxylation sites is 2. The molecule has 0 spiro atoms. The molecule has 25 heavy (non-hydrogen) atoms. The second-order valence-electron chi connectivity index (χ2n) is 4.90. The highest BCUT2D eigenvalue weighted by Gasteiger charge is 2.14. The van der Waals surface area contributed by atoms with Gasteiger partial charge in [0.1, 0.15) is 5.69 Å². The average molecular weight is 334 g/mol. The highest BCUT2D eigenvalue weighted by Crippen LogP contribution is 2.20. The molecular formula is C20H18N2O3. The summed E-state index contributed by atoms with van der Waals surface area (Å²) in [6, 6.07) is 18.6. The predicted octanol–water partition coefficient (Wildman–Crippen LogP) is 4.57. The molecule has 1 aromatic heterocycles. The Morgan fingerprint density at radius 3 is 2.52 bits per heavy atom. The summed E-state index contributed by atoms with van der Waals surface area (Å²) < 4.78 is 6.74. The van der Waals surface area contributed by atoms with Gasteiger partial charge in [-0.25, -0.2) is 9.59 Å². The van der Waals surface area contributed by atoms with E-state index in [-0.39, 0.29) is 5.97 Å². The number of aliphatic imine (C=N–C) groups is 1. The molecule has 1 heterocycles. The van der Waals surface area contributed by atoms with E-state index in [2.05, 4.69) is 11.6 Å². The topological polar surface area (TPSA) is 60.7 Å². The highest BCUT2D eigenvalue weighted by molar-refractivity contribution is 5.97. The van der Waals surface area contributed by atoms with Gasteiger partial charge in [-0.15, -0.1) is 0 Å². The molecule has 3 aromatic rings. The van der Waals surface area contributed by atoms with Crippen molar-refractivity contribution in [3.63, 3.8) is 0 Å². The zero-order valence-electron chi connectivity index (χ0n) is 13.9. The van der Waals surface area contributed by atoms with Crippen molar-refractivity contribution in [3.8, 4) is 0 Å². The molecule has 0 saturated heterocycles. The van der Waals surface area contributed by atoms with Crippen LogP contribution in [0.15, 0.2) is 72.2 Å². The standard InChI is InChI=1S/C13H13NO2.C7H5NO/c1-3-14-11-8-6-5-7-10(11)9-12(14)13(15)16-4-2;9-6-8-7-4-2-1-3-5-7/h3,5-9H,1,4H2,2H3;1-5H. The number of hydrogen-bond donors (Lipinski definition) is 0. The van der Waals surface area contributed by atoms with Gasteiger partial charge >= 0.3 is 5.97 Å². The Hall–Kier alpha value is -3.43. The molecule has 2 aromatic carbocycles. The molecule has 126 valence electrons. The van der Waals surface area contributed by atoms with Crippen molar-refractivity contribution in [1.82, 2.24) is 4.57 Å². The van der Waals surface area contributed by atoms with E-state index in [0.29, 0.717) is 18.0 Å². The third-order valence-electron chi connectivity index (χ3n) is 3.35. The first kappa shape index (κ1) is 17.9. The second kappa shape index (κ2) is 9.01. The lowest BCUT2D eigenvalue weighted by Crippen LogP contribution is -2.08. The van der Waals surface area contributed by atoms with E-state index in [1.54, 1.807) is 29.8 Å². The SMILES string of the molecule is C=Cn1c(C(=O)OCC)cc2ccccc21.O=C=Nc1ccccc1. The molecule has 0 unspecified atom stereocenters. The fourth-order valence-corrected chi connectivity index (χ4v) is 2.29. The Balaban J connectivity index is 0.000000212. The highest BCUT2D eigenvalue weighted by atomic mass is 16.5. The number of fused-ring (bicyclic) bond motifs is 1. The largest absolute Gasteiger partial charge is 0.461 e. The molecule has 0 amide bonds. The number of carbonyl (C=O) groups excluding carboxylic acids is 2. The zero-order valence-corrected chi connectivity index (χ0v) is 13.9. The maximum atomic E-state index is 11.7. The van der Waals surface area contributed by atoms with Gasteiger partial charge in [-0.2, -0.15) is 4.99 Å². The van der Waals surface area contributed by atoms with E-state index >= 15 is 0 Å². The number of nitrogens with zero attached hydrogens (tertiary/aromatic N) is 2. The number of esters is 1. The van der Waals surface area contributed by atoms with E-state index in [4.69, 9.17) is 4.74 Å². The normalized spacial score (nSPS) is 9.48. The van der Waals surface area contributed by atoms with Crippen molar-refractivity contribution >= 4 is 34.8 Å². The molecule has 0 aliphatic rings. The third kappa shape index (κ3) is 4.53. The Morgan fingerprint density at radius 2 is 1.88 bits per heavy atom. The van der Waals surface area contributed by atoms with Crippen LogP contribution in [0, 0.1) is 0 Å². The summed E-state index contributed by atoms with van der Waals surface area (Å²) >= 11 is 0. The minimum atomic E-state index is -0.321. The first-order chi connectivity index (χ1) is 12.2. The van der Waals surface area contributed by atoms with Crippen LogP contribution < -0.4 is 0 Å². The fraction of sp³-hybridized carbons (Fsp3) is 0.100. The number of ether oxygens (including phenoxy) is 1. The number of aromatic nitrogens is 1. The van der Waals surface area contributed by atoms with Gasteiger partial charge in [-0.1, -0.05) is 43.0 Å². The van der Waals surface area contributed by atoms with Crippen LogP contribution >= 0.6 is 0 Å². The van der Waals surface area contributed by atoms with Gasteiger partial charge < -0.3 is 9.30 Å². The smallest absolute Gasteiger partial charge is 0.355 e. The predicted molar refractivity (Wildman–Crippen MR) is 98.5 cm³/mol. The number of isocyanates is 1.